The Hall–Kier alpha value is -0.420. The molecule has 1 rings (SSSR count). The molecule has 0 aliphatic rings. The Bertz CT molecular complexity index is 201. The molecule has 0 bridgehead atoms. The lowest BCUT2D eigenvalue weighted by atomic mass is 10.4. The van der Waals surface area contributed by atoms with Gasteiger partial charge < -0.3 is 0 Å². The first-order valence-corrected chi connectivity index (χ1v) is 6.61. The van der Waals surface area contributed by atoms with Crippen molar-refractivity contribution in [3.05, 3.63) is 30.3 Å². The molecular formula is C9H15FP+. The summed E-state index contributed by atoms with van der Waals surface area (Å²) in [7, 11) is -0.768. The van der Waals surface area contributed by atoms with Crippen LogP contribution < -0.4 is 5.30 Å². The molecule has 1 aromatic carbocycles. The molecular weight excluding hydrogens is 158 g/mol. The summed E-state index contributed by atoms with van der Waals surface area (Å²) in [4.78, 5) is 0. The third kappa shape index (κ3) is 2.98. The highest BCUT2D eigenvalue weighted by molar-refractivity contribution is 7.80. The second-order valence-electron chi connectivity index (χ2n) is 3.35. The monoisotopic (exact) mass is 173 g/mol. The molecule has 0 aromatic heterocycles. The molecule has 0 spiro atoms. The number of hydrogen-bond acceptors (Lipinski definition) is 0. The predicted molar refractivity (Wildman–Crippen MR) is 53.3 cm³/mol. The van der Waals surface area contributed by atoms with Crippen LogP contribution in [0, 0.1) is 0 Å². The lowest BCUT2D eigenvalue weighted by Gasteiger charge is -2.10. The fraction of sp³-hybridized carbons (Fsp3) is 0.333. The summed E-state index contributed by atoms with van der Waals surface area (Å²) in [6.07, 6.45) is 0. The fourth-order valence-electron chi connectivity index (χ4n) is 0.875. The van der Waals surface area contributed by atoms with E-state index in [1.165, 1.54) is 5.30 Å². The van der Waals surface area contributed by atoms with Gasteiger partial charge in [0.05, 0.1) is 25.3 Å². The Balaban J connectivity index is 0.000001000. The SMILES string of the molecule is C[P+](C)(C)c1ccccc1.F. The van der Waals surface area contributed by atoms with E-state index in [1.807, 2.05) is 0 Å². The molecule has 0 aliphatic heterocycles. The molecule has 1 aromatic rings. The van der Waals surface area contributed by atoms with Gasteiger partial charge in [0, 0.05) is 7.26 Å². The van der Waals surface area contributed by atoms with Crippen LogP contribution in [-0.4, -0.2) is 20.0 Å². The molecule has 0 atom stereocenters. The maximum atomic E-state index is 2.34. The summed E-state index contributed by atoms with van der Waals surface area (Å²) >= 11 is 0. The molecule has 11 heavy (non-hydrogen) atoms. The van der Waals surface area contributed by atoms with Gasteiger partial charge in [0.2, 0.25) is 0 Å². The van der Waals surface area contributed by atoms with E-state index in [-0.39, 0.29) is 4.70 Å². The number of rotatable bonds is 1. The average molecular weight is 173 g/mol. The minimum Gasteiger partial charge on any atom is -0.269 e. The minimum atomic E-state index is -0.768. The summed E-state index contributed by atoms with van der Waals surface area (Å²) in [5.41, 5.74) is 0. The van der Waals surface area contributed by atoms with Crippen molar-refractivity contribution in [1.29, 1.82) is 0 Å². The van der Waals surface area contributed by atoms with Crippen molar-refractivity contribution >= 4 is 12.6 Å². The van der Waals surface area contributed by atoms with Crippen molar-refractivity contribution in [3.8, 4) is 0 Å². The van der Waals surface area contributed by atoms with E-state index in [1.54, 1.807) is 0 Å². The first kappa shape index (κ1) is 10.6. The fourth-order valence-corrected chi connectivity index (χ4v) is 1.94. The Kier molecular flexibility index (Phi) is 3.68. The molecule has 0 unspecified atom stereocenters. The van der Waals surface area contributed by atoms with Gasteiger partial charge in [0.25, 0.3) is 0 Å². The van der Waals surface area contributed by atoms with Gasteiger partial charge in [-0.25, -0.2) is 0 Å². The van der Waals surface area contributed by atoms with Crippen molar-refractivity contribution in [3.63, 3.8) is 0 Å². The van der Waals surface area contributed by atoms with Crippen LogP contribution in [0.5, 0.6) is 0 Å². The van der Waals surface area contributed by atoms with E-state index in [4.69, 9.17) is 0 Å². The molecule has 0 N–H and O–H groups in total. The summed E-state index contributed by atoms with van der Waals surface area (Å²) in [5, 5.41) is 1.51. The van der Waals surface area contributed by atoms with Gasteiger partial charge in [-0.15, -0.1) is 0 Å². The molecule has 0 heterocycles. The highest BCUT2D eigenvalue weighted by atomic mass is 31.2. The smallest absolute Gasteiger partial charge is 0.0930 e. The van der Waals surface area contributed by atoms with E-state index in [9.17, 15) is 0 Å². The summed E-state index contributed by atoms with van der Waals surface area (Å²) in [6.45, 7) is 7.01. The molecule has 62 valence electrons. The van der Waals surface area contributed by atoms with E-state index in [0.717, 1.165) is 0 Å². The minimum absolute atomic E-state index is 0. The van der Waals surface area contributed by atoms with Crippen LogP contribution in [0.3, 0.4) is 0 Å². The summed E-state index contributed by atoms with van der Waals surface area (Å²) in [6, 6.07) is 10.7. The van der Waals surface area contributed by atoms with Gasteiger partial charge in [-0.3, -0.25) is 4.70 Å². The van der Waals surface area contributed by atoms with Crippen molar-refractivity contribution in [2.24, 2.45) is 0 Å². The van der Waals surface area contributed by atoms with Gasteiger partial charge >= 0.3 is 0 Å². The van der Waals surface area contributed by atoms with E-state index in [2.05, 4.69) is 50.3 Å². The molecule has 0 radical (unpaired) electrons. The normalized spacial score (nSPS) is 10.5. The standard InChI is InChI=1S/C9H14P.FH/c1-10(2,3)9-7-5-4-6-8-9;/h4-8H,1-3H3;1H/q+1;. The van der Waals surface area contributed by atoms with Crippen LogP contribution >= 0.6 is 7.26 Å². The van der Waals surface area contributed by atoms with E-state index >= 15 is 0 Å². The predicted octanol–water partition coefficient (Wildman–Crippen LogP) is 2.37. The zero-order valence-electron chi connectivity index (χ0n) is 7.24. The molecule has 0 amide bonds. The van der Waals surface area contributed by atoms with Gasteiger partial charge in [0.1, 0.15) is 0 Å². The Labute approximate surface area is 68.3 Å². The maximum Gasteiger partial charge on any atom is 0.0930 e. The summed E-state index contributed by atoms with van der Waals surface area (Å²) in [5.74, 6) is 0. The Morgan fingerprint density at radius 1 is 0.909 bits per heavy atom. The molecule has 0 saturated heterocycles. The molecule has 0 fully saturated rings. The van der Waals surface area contributed by atoms with Gasteiger partial charge in [-0.1, -0.05) is 18.2 Å². The van der Waals surface area contributed by atoms with Crippen LogP contribution in [-0.2, 0) is 0 Å². The number of benzene rings is 1. The van der Waals surface area contributed by atoms with Crippen molar-refractivity contribution in [2.75, 3.05) is 20.0 Å². The first-order valence-electron chi connectivity index (χ1n) is 3.48. The number of halogens is 1. The van der Waals surface area contributed by atoms with Crippen LogP contribution in [0.2, 0.25) is 0 Å². The lowest BCUT2D eigenvalue weighted by molar-refractivity contribution is 1.11. The third-order valence-electron chi connectivity index (χ3n) is 1.53. The zero-order chi connectivity index (χ0) is 7.61. The van der Waals surface area contributed by atoms with Crippen molar-refractivity contribution < 1.29 is 4.70 Å². The van der Waals surface area contributed by atoms with Crippen molar-refractivity contribution in [2.45, 2.75) is 0 Å². The largest absolute Gasteiger partial charge is 0.269 e. The van der Waals surface area contributed by atoms with Crippen LogP contribution in [0.1, 0.15) is 0 Å². The second kappa shape index (κ2) is 3.82. The number of hydrogen-bond donors (Lipinski definition) is 0. The van der Waals surface area contributed by atoms with E-state index in [0.29, 0.717) is 0 Å². The van der Waals surface area contributed by atoms with Gasteiger partial charge in [-0.05, 0) is 12.1 Å². The van der Waals surface area contributed by atoms with Crippen molar-refractivity contribution in [1.82, 2.24) is 0 Å². The zero-order valence-corrected chi connectivity index (χ0v) is 8.14. The third-order valence-corrected chi connectivity index (χ3v) is 3.38. The molecule has 0 nitrogen and oxygen atoms in total. The summed E-state index contributed by atoms with van der Waals surface area (Å²) < 4.78 is 0. The lowest BCUT2D eigenvalue weighted by Crippen LogP contribution is -2.05. The highest BCUT2D eigenvalue weighted by Crippen LogP contribution is 2.44. The van der Waals surface area contributed by atoms with Crippen LogP contribution in [0.25, 0.3) is 0 Å². The second-order valence-corrected chi connectivity index (χ2v) is 7.89. The Morgan fingerprint density at radius 2 is 1.36 bits per heavy atom. The molecule has 0 aliphatic carbocycles. The quantitative estimate of drug-likeness (QED) is 0.572. The highest BCUT2D eigenvalue weighted by Gasteiger charge is 2.19. The molecule has 0 saturated carbocycles. The van der Waals surface area contributed by atoms with E-state index < -0.39 is 7.26 Å². The van der Waals surface area contributed by atoms with Crippen LogP contribution in [0.4, 0.5) is 4.70 Å². The Morgan fingerprint density at radius 3 is 1.64 bits per heavy atom. The maximum absolute atomic E-state index is 2.34. The van der Waals surface area contributed by atoms with Gasteiger partial charge in [0.15, 0.2) is 0 Å². The topological polar surface area (TPSA) is 0 Å². The van der Waals surface area contributed by atoms with Crippen LogP contribution in [0.15, 0.2) is 30.3 Å². The first-order chi connectivity index (χ1) is 4.61. The van der Waals surface area contributed by atoms with Gasteiger partial charge in [-0.2, -0.15) is 0 Å². The average Bonchev–Trinajstić information content (AvgIpc) is 1.88. The molecule has 2 heteroatoms.